The molecule has 0 spiro atoms. The lowest BCUT2D eigenvalue weighted by molar-refractivity contribution is 0.0962. The molecule has 9 nitrogen and oxygen atoms in total. The Bertz CT molecular complexity index is 1130. The summed E-state index contributed by atoms with van der Waals surface area (Å²) in [6.45, 7) is 9.23. The van der Waals surface area contributed by atoms with E-state index in [1.165, 1.54) is 0 Å². The van der Waals surface area contributed by atoms with Crippen LogP contribution in [0.25, 0.3) is 0 Å². The number of fused-ring (bicyclic) bond motifs is 1. The van der Waals surface area contributed by atoms with E-state index < -0.39 is 0 Å². The van der Waals surface area contributed by atoms with Gasteiger partial charge in [0.1, 0.15) is 17.4 Å². The van der Waals surface area contributed by atoms with Gasteiger partial charge in [-0.1, -0.05) is 18.7 Å². The Labute approximate surface area is 212 Å². The molecule has 0 atom stereocenters. The van der Waals surface area contributed by atoms with Crippen LogP contribution in [0.3, 0.4) is 0 Å². The highest BCUT2D eigenvalue weighted by molar-refractivity contribution is 6.06. The van der Waals surface area contributed by atoms with Gasteiger partial charge in [-0.05, 0) is 67.9 Å². The fourth-order valence-electron chi connectivity index (χ4n) is 4.76. The van der Waals surface area contributed by atoms with Gasteiger partial charge in [-0.2, -0.15) is 0 Å². The van der Waals surface area contributed by atoms with Crippen LogP contribution in [0.2, 0.25) is 0 Å². The fourth-order valence-corrected chi connectivity index (χ4v) is 4.76. The normalized spacial score (nSPS) is 18.4. The summed E-state index contributed by atoms with van der Waals surface area (Å²) in [7, 11) is 0. The molecule has 4 heterocycles. The van der Waals surface area contributed by atoms with Gasteiger partial charge < -0.3 is 20.0 Å². The lowest BCUT2D eigenvalue weighted by Crippen LogP contribution is -2.44. The van der Waals surface area contributed by atoms with Crippen molar-refractivity contribution < 1.29 is 9.59 Å². The van der Waals surface area contributed by atoms with Crippen LogP contribution < -0.4 is 5.32 Å². The molecule has 0 bridgehead atoms. The maximum Gasteiger partial charge on any atom is 0.320 e. The summed E-state index contributed by atoms with van der Waals surface area (Å²) in [5, 5.41) is 19.2. The average Bonchev–Trinajstić information content (AvgIpc) is 3.42. The first-order chi connectivity index (χ1) is 17.3. The second kappa shape index (κ2) is 11.3. The predicted molar refractivity (Wildman–Crippen MR) is 140 cm³/mol. The summed E-state index contributed by atoms with van der Waals surface area (Å²) in [6, 6.07) is 1.84. The van der Waals surface area contributed by atoms with E-state index in [0.29, 0.717) is 43.4 Å². The molecule has 36 heavy (non-hydrogen) atoms. The molecule has 0 aliphatic carbocycles. The Hall–Kier alpha value is -3.75. The first-order valence-corrected chi connectivity index (χ1v) is 12.6. The number of allylic oxidation sites excluding steroid dienone is 3. The van der Waals surface area contributed by atoms with Crippen LogP contribution in [0.1, 0.15) is 60.6 Å². The van der Waals surface area contributed by atoms with Crippen LogP contribution in [0.4, 0.5) is 4.79 Å². The molecule has 9 heteroatoms. The number of nitrogens with one attached hydrogen (secondary N) is 3. The lowest BCUT2D eigenvalue weighted by Gasteiger charge is -2.32. The van der Waals surface area contributed by atoms with E-state index in [-0.39, 0.29) is 17.6 Å². The van der Waals surface area contributed by atoms with Crippen molar-refractivity contribution in [3.05, 3.63) is 65.2 Å². The minimum Gasteiger partial charge on any atom is -0.325 e. The number of pyridine rings is 1. The van der Waals surface area contributed by atoms with E-state index in [1.807, 2.05) is 16.7 Å². The molecule has 3 N–H and O–H groups in total. The SMILES string of the molecule is C=C(/C=C\C=C(/C)C(=N)N1CCCCC1=N)NC(=O)c1cc2c(cn1)CCN(C(=O)N1CCCC1)C2. The van der Waals surface area contributed by atoms with Crippen LogP contribution in [-0.2, 0) is 13.0 Å². The summed E-state index contributed by atoms with van der Waals surface area (Å²) in [4.78, 5) is 35.4. The van der Waals surface area contributed by atoms with Crippen molar-refractivity contribution in [2.24, 2.45) is 0 Å². The Morgan fingerprint density at radius 3 is 2.56 bits per heavy atom. The molecule has 190 valence electrons. The molecule has 3 aliphatic heterocycles. The zero-order valence-corrected chi connectivity index (χ0v) is 21.0. The molecule has 1 aromatic rings. The summed E-state index contributed by atoms with van der Waals surface area (Å²) < 4.78 is 0. The van der Waals surface area contributed by atoms with Crippen LogP contribution in [0.15, 0.2) is 48.3 Å². The fraction of sp³-hybridized carbons (Fsp3) is 0.444. The second-order valence-corrected chi connectivity index (χ2v) is 9.58. The highest BCUT2D eigenvalue weighted by Crippen LogP contribution is 2.22. The highest BCUT2D eigenvalue weighted by atomic mass is 16.2. The van der Waals surface area contributed by atoms with E-state index >= 15 is 0 Å². The average molecular weight is 490 g/mol. The number of nitrogens with zero attached hydrogens (tertiary/aromatic N) is 4. The second-order valence-electron chi connectivity index (χ2n) is 9.58. The van der Waals surface area contributed by atoms with Gasteiger partial charge in [-0.3, -0.25) is 20.6 Å². The number of hydrogen-bond donors (Lipinski definition) is 3. The largest absolute Gasteiger partial charge is 0.325 e. The summed E-state index contributed by atoms with van der Waals surface area (Å²) in [5.41, 5.74) is 3.46. The molecule has 3 aliphatic rings. The van der Waals surface area contributed by atoms with Gasteiger partial charge in [0.2, 0.25) is 0 Å². The molecule has 0 aromatic carbocycles. The molecule has 0 radical (unpaired) electrons. The first kappa shape index (κ1) is 25.3. The van der Waals surface area contributed by atoms with E-state index in [2.05, 4.69) is 16.9 Å². The van der Waals surface area contributed by atoms with Crippen molar-refractivity contribution in [1.29, 1.82) is 10.8 Å². The summed E-state index contributed by atoms with van der Waals surface area (Å²) in [5.74, 6) is 0.459. The first-order valence-electron chi connectivity index (χ1n) is 12.6. The Balaban J connectivity index is 1.33. The Kier molecular flexibility index (Phi) is 7.97. The van der Waals surface area contributed by atoms with Gasteiger partial charge >= 0.3 is 6.03 Å². The molecule has 4 rings (SSSR count). The Morgan fingerprint density at radius 1 is 1.06 bits per heavy atom. The number of piperidine rings is 1. The molecule has 2 fully saturated rings. The van der Waals surface area contributed by atoms with Gasteiger partial charge in [-0.15, -0.1) is 0 Å². The Morgan fingerprint density at radius 2 is 1.81 bits per heavy atom. The highest BCUT2D eigenvalue weighted by Gasteiger charge is 2.27. The van der Waals surface area contributed by atoms with Crippen LogP contribution >= 0.6 is 0 Å². The molecule has 2 saturated heterocycles. The number of hydrogen-bond acceptors (Lipinski definition) is 5. The minimum atomic E-state index is -0.356. The number of carbonyl (C=O) groups excluding carboxylic acids is 2. The van der Waals surface area contributed by atoms with Crippen molar-refractivity contribution in [3.8, 4) is 0 Å². The van der Waals surface area contributed by atoms with E-state index in [4.69, 9.17) is 10.8 Å². The van der Waals surface area contributed by atoms with Crippen molar-refractivity contribution in [1.82, 2.24) is 25.0 Å². The topological polar surface area (TPSA) is 116 Å². The number of likely N-dealkylation sites (tertiary alicyclic amines) is 2. The number of urea groups is 1. The third-order valence-electron chi connectivity index (χ3n) is 6.91. The number of amides is 3. The summed E-state index contributed by atoms with van der Waals surface area (Å²) in [6.07, 6.45) is 12.5. The van der Waals surface area contributed by atoms with Gasteiger partial charge in [0.15, 0.2) is 0 Å². The molecular formula is C27H35N7O2. The van der Waals surface area contributed by atoms with Crippen molar-refractivity contribution in [2.45, 2.75) is 52.0 Å². The third-order valence-corrected chi connectivity index (χ3v) is 6.91. The van der Waals surface area contributed by atoms with E-state index in [9.17, 15) is 9.59 Å². The minimum absolute atomic E-state index is 0.0769. The van der Waals surface area contributed by atoms with Crippen LogP contribution in [0, 0.1) is 10.8 Å². The molecule has 1 aromatic heterocycles. The van der Waals surface area contributed by atoms with Crippen molar-refractivity contribution in [3.63, 3.8) is 0 Å². The van der Waals surface area contributed by atoms with Gasteiger partial charge in [0, 0.05) is 51.0 Å². The van der Waals surface area contributed by atoms with E-state index in [1.54, 1.807) is 35.4 Å². The number of rotatable bonds is 5. The van der Waals surface area contributed by atoms with E-state index in [0.717, 1.165) is 61.9 Å². The summed E-state index contributed by atoms with van der Waals surface area (Å²) >= 11 is 0. The maximum absolute atomic E-state index is 12.8. The van der Waals surface area contributed by atoms with Crippen molar-refractivity contribution in [2.75, 3.05) is 26.2 Å². The number of aromatic nitrogens is 1. The zero-order valence-electron chi connectivity index (χ0n) is 21.0. The number of carbonyl (C=O) groups is 2. The van der Waals surface area contributed by atoms with Crippen LogP contribution in [0.5, 0.6) is 0 Å². The smallest absolute Gasteiger partial charge is 0.320 e. The van der Waals surface area contributed by atoms with Gasteiger partial charge in [0.05, 0.1) is 0 Å². The number of amidine groups is 2. The van der Waals surface area contributed by atoms with Gasteiger partial charge in [-0.25, -0.2) is 4.79 Å². The predicted octanol–water partition coefficient (Wildman–Crippen LogP) is 3.84. The van der Waals surface area contributed by atoms with Crippen LogP contribution in [-0.4, -0.2) is 69.5 Å². The molecular weight excluding hydrogens is 454 g/mol. The van der Waals surface area contributed by atoms with Gasteiger partial charge in [0.25, 0.3) is 5.91 Å². The zero-order chi connectivity index (χ0) is 25.7. The quantitative estimate of drug-likeness (QED) is 0.331. The standard InChI is InChI=1S/C27H35N7O2/c1-19(25(29)34-14-4-3-10-24(34)28)8-7-9-20(2)31-26(35)23-16-22-18-33(15-11-21(22)17-30-23)27(36)32-12-5-6-13-32/h7-9,16-17,28-29H,2-6,10-15,18H2,1H3,(H,31,35)/b9-7-,19-8+,28-24?,29-25?. The monoisotopic (exact) mass is 489 g/mol. The lowest BCUT2D eigenvalue weighted by atomic mass is 10.0. The maximum atomic E-state index is 12.8. The molecule has 0 unspecified atom stereocenters. The molecule has 3 amide bonds. The third kappa shape index (κ3) is 5.90. The van der Waals surface area contributed by atoms with Crippen molar-refractivity contribution >= 4 is 23.6 Å². The molecule has 0 saturated carbocycles.